The minimum Gasteiger partial charge on any atom is -0.123 e. The summed E-state index contributed by atoms with van der Waals surface area (Å²) in [6, 6.07) is 15.7. The Balaban J connectivity index is 2.14. The normalized spacial score (nSPS) is 20.2. The molecule has 2 heteroatoms. The van der Waals surface area contributed by atoms with E-state index in [1.165, 1.54) is 73.6 Å². The molecule has 1 aliphatic carbocycles. The van der Waals surface area contributed by atoms with E-state index in [0.717, 1.165) is 17.4 Å². The van der Waals surface area contributed by atoms with Crippen LogP contribution in [0.1, 0.15) is 96.6 Å². The van der Waals surface area contributed by atoms with Crippen LogP contribution in [0.5, 0.6) is 0 Å². The predicted octanol–water partition coefficient (Wildman–Crippen LogP) is 10.0. The summed E-state index contributed by atoms with van der Waals surface area (Å²) in [7, 11) is 0. The van der Waals surface area contributed by atoms with E-state index in [-0.39, 0.29) is 10.8 Å². The Kier molecular flexibility index (Phi) is 8.94. The van der Waals surface area contributed by atoms with Gasteiger partial charge in [-0.15, -0.1) is 11.6 Å². The summed E-state index contributed by atoms with van der Waals surface area (Å²) in [6.07, 6.45) is 11.1. The van der Waals surface area contributed by atoms with Gasteiger partial charge < -0.3 is 0 Å². The monoisotopic (exact) mass is 458 g/mol. The zero-order chi connectivity index (χ0) is 22.4. The number of hydrogen-bond acceptors (Lipinski definition) is 0. The first kappa shape index (κ1) is 24.7. The smallest absolute Gasteiger partial charge is 0.0409 e. The third kappa shape index (κ3) is 5.33. The molecule has 170 valence electrons. The molecule has 31 heavy (non-hydrogen) atoms. The molecule has 4 atom stereocenters. The zero-order valence-corrected chi connectivity index (χ0v) is 21.4. The standard InChI is InChI=1S/C29H40Cl2/c1-5-8-12-22(7-3)19-29(20-23(21(4)30)13-9-6-2)27-15-11-10-14-25(27)26-17-16-24(31)18-28(26)29/h10-11,14-18,21-23H,5-9,12-13,19-20H2,1-4H3. The number of fused-ring (bicyclic) bond motifs is 3. The molecule has 0 spiro atoms. The average molecular weight is 460 g/mol. The maximum atomic E-state index is 6.83. The van der Waals surface area contributed by atoms with Crippen LogP contribution in [0.25, 0.3) is 11.1 Å². The van der Waals surface area contributed by atoms with Crippen LogP contribution < -0.4 is 0 Å². The molecule has 2 aromatic carbocycles. The first-order chi connectivity index (χ1) is 15.0. The van der Waals surface area contributed by atoms with Gasteiger partial charge in [-0.3, -0.25) is 0 Å². The van der Waals surface area contributed by atoms with Crippen molar-refractivity contribution in [1.82, 2.24) is 0 Å². The summed E-state index contributed by atoms with van der Waals surface area (Å²) >= 11 is 13.4. The molecule has 0 fully saturated rings. The molecule has 0 aliphatic heterocycles. The maximum absolute atomic E-state index is 6.83. The number of unbranched alkanes of at least 4 members (excludes halogenated alkanes) is 2. The van der Waals surface area contributed by atoms with E-state index in [4.69, 9.17) is 23.2 Å². The molecular formula is C29H40Cl2. The lowest BCUT2D eigenvalue weighted by Gasteiger charge is -2.39. The summed E-state index contributed by atoms with van der Waals surface area (Å²) < 4.78 is 0. The summed E-state index contributed by atoms with van der Waals surface area (Å²) in [5.74, 6) is 1.22. The Morgan fingerprint density at radius 2 is 1.52 bits per heavy atom. The van der Waals surface area contributed by atoms with Crippen LogP contribution >= 0.6 is 23.2 Å². The van der Waals surface area contributed by atoms with Gasteiger partial charge in [0, 0.05) is 15.8 Å². The van der Waals surface area contributed by atoms with Gasteiger partial charge in [0.25, 0.3) is 0 Å². The highest BCUT2D eigenvalue weighted by molar-refractivity contribution is 6.30. The molecule has 3 rings (SSSR count). The van der Waals surface area contributed by atoms with Gasteiger partial charge in [-0.1, -0.05) is 101 Å². The fraction of sp³-hybridized carbons (Fsp3) is 0.586. The van der Waals surface area contributed by atoms with Crippen LogP contribution in [-0.4, -0.2) is 5.38 Å². The number of benzene rings is 2. The van der Waals surface area contributed by atoms with Gasteiger partial charge in [-0.05, 0) is 72.4 Å². The third-order valence-corrected chi connectivity index (χ3v) is 8.19. The molecule has 0 amide bonds. The molecule has 0 N–H and O–H groups in total. The molecular weight excluding hydrogens is 419 g/mol. The van der Waals surface area contributed by atoms with Crippen LogP contribution in [0.4, 0.5) is 0 Å². The van der Waals surface area contributed by atoms with E-state index in [0.29, 0.717) is 5.92 Å². The van der Waals surface area contributed by atoms with Crippen molar-refractivity contribution in [3.05, 3.63) is 58.6 Å². The second-order valence-electron chi connectivity index (χ2n) is 9.72. The molecule has 0 heterocycles. The van der Waals surface area contributed by atoms with Gasteiger partial charge in [0.2, 0.25) is 0 Å². The predicted molar refractivity (Wildman–Crippen MR) is 139 cm³/mol. The molecule has 2 aromatic rings. The van der Waals surface area contributed by atoms with Gasteiger partial charge in [0.15, 0.2) is 0 Å². The van der Waals surface area contributed by atoms with Gasteiger partial charge in [0.1, 0.15) is 0 Å². The zero-order valence-electron chi connectivity index (χ0n) is 19.9. The van der Waals surface area contributed by atoms with Crippen LogP contribution in [0.2, 0.25) is 5.02 Å². The molecule has 1 aliphatic rings. The Bertz CT molecular complexity index is 840. The Labute approximate surface area is 200 Å². The molecule has 0 radical (unpaired) electrons. The molecule has 0 saturated heterocycles. The topological polar surface area (TPSA) is 0 Å². The van der Waals surface area contributed by atoms with Crippen molar-refractivity contribution in [3.63, 3.8) is 0 Å². The Morgan fingerprint density at radius 3 is 2.19 bits per heavy atom. The summed E-state index contributed by atoms with van der Waals surface area (Å²) in [5, 5.41) is 1.02. The SMILES string of the molecule is CCCCC(CC)CC1(CC(CCCC)C(C)Cl)c2ccccc2-c2ccc(Cl)cc21. The van der Waals surface area contributed by atoms with Gasteiger partial charge >= 0.3 is 0 Å². The minimum absolute atomic E-state index is 0.00675. The van der Waals surface area contributed by atoms with Crippen molar-refractivity contribution >= 4 is 23.2 Å². The van der Waals surface area contributed by atoms with Crippen LogP contribution in [0.15, 0.2) is 42.5 Å². The Hall–Kier alpha value is -0.980. The van der Waals surface area contributed by atoms with E-state index in [1.807, 2.05) is 0 Å². The second kappa shape index (κ2) is 11.2. The third-order valence-electron chi connectivity index (χ3n) is 7.60. The largest absolute Gasteiger partial charge is 0.123 e. The van der Waals surface area contributed by atoms with Crippen molar-refractivity contribution < 1.29 is 0 Å². The van der Waals surface area contributed by atoms with Crippen molar-refractivity contribution in [2.24, 2.45) is 11.8 Å². The van der Waals surface area contributed by atoms with Gasteiger partial charge in [-0.25, -0.2) is 0 Å². The summed E-state index contributed by atoms with van der Waals surface area (Å²) in [5.41, 5.74) is 5.72. The first-order valence-corrected chi connectivity index (χ1v) is 13.3. The minimum atomic E-state index is 0.00675. The van der Waals surface area contributed by atoms with Crippen molar-refractivity contribution in [2.75, 3.05) is 0 Å². The number of hydrogen-bond donors (Lipinski definition) is 0. The fourth-order valence-corrected chi connectivity index (χ4v) is 6.18. The maximum Gasteiger partial charge on any atom is 0.0409 e. The lowest BCUT2D eigenvalue weighted by atomic mass is 9.65. The van der Waals surface area contributed by atoms with Crippen LogP contribution in [0, 0.1) is 11.8 Å². The quantitative estimate of drug-likeness (QED) is 0.277. The molecule has 4 unspecified atom stereocenters. The number of rotatable bonds is 12. The number of alkyl halides is 1. The van der Waals surface area contributed by atoms with Crippen LogP contribution in [0.3, 0.4) is 0 Å². The van der Waals surface area contributed by atoms with Gasteiger partial charge in [-0.2, -0.15) is 0 Å². The first-order valence-electron chi connectivity index (χ1n) is 12.5. The fourth-order valence-electron chi connectivity index (χ4n) is 5.79. The van der Waals surface area contributed by atoms with E-state index < -0.39 is 0 Å². The number of halogens is 2. The lowest BCUT2D eigenvalue weighted by Crippen LogP contribution is -2.33. The summed E-state index contributed by atoms with van der Waals surface area (Å²) in [4.78, 5) is 0. The van der Waals surface area contributed by atoms with E-state index in [2.05, 4.69) is 70.2 Å². The Morgan fingerprint density at radius 1 is 0.839 bits per heavy atom. The second-order valence-corrected chi connectivity index (χ2v) is 10.8. The summed E-state index contributed by atoms with van der Waals surface area (Å²) in [6.45, 7) is 9.15. The highest BCUT2D eigenvalue weighted by Gasteiger charge is 2.45. The van der Waals surface area contributed by atoms with E-state index in [9.17, 15) is 0 Å². The molecule has 0 saturated carbocycles. The molecule has 0 bridgehead atoms. The lowest BCUT2D eigenvalue weighted by molar-refractivity contribution is 0.268. The highest BCUT2D eigenvalue weighted by atomic mass is 35.5. The van der Waals surface area contributed by atoms with Gasteiger partial charge in [0.05, 0.1) is 0 Å². The van der Waals surface area contributed by atoms with Crippen molar-refractivity contribution in [3.8, 4) is 11.1 Å². The van der Waals surface area contributed by atoms with E-state index in [1.54, 1.807) is 0 Å². The highest BCUT2D eigenvalue weighted by Crippen LogP contribution is 2.56. The van der Waals surface area contributed by atoms with Crippen LogP contribution in [-0.2, 0) is 5.41 Å². The average Bonchev–Trinajstić information content (AvgIpc) is 3.03. The van der Waals surface area contributed by atoms with E-state index >= 15 is 0 Å². The van der Waals surface area contributed by atoms with Crippen molar-refractivity contribution in [2.45, 2.75) is 96.3 Å². The molecule has 0 aromatic heterocycles. The van der Waals surface area contributed by atoms with Crippen molar-refractivity contribution in [1.29, 1.82) is 0 Å². The molecule has 0 nitrogen and oxygen atoms in total.